The van der Waals surface area contributed by atoms with E-state index in [0.29, 0.717) is 24.5 Å². The highest BCUT2D eigenvalue weighted by Gasteiger charge is 2.29. The van der Waals surface area contributed by atoms with Crippen molar-refractivity contribution in [2.45, 2.75) is 25.6 Å². The Morgan fingerprint density at radius 2 is 1.78 bits per heavy atom. The van der Waals surface area contributed by atoms with Gasteiger partial charge in [0.1, 0.15) is 6.10 Å². The van der Waals surface area contributed by atoms with Crippen LogP contribution >= 0.6 is 0 Å². The van der Waals surface area contributed by atoms with Gasteiger partial charge in [-0.3, -0.25) is 4.79 Å². The summed E-state index contributed by atoms with van der Waals surface area (Å²) in [5.41, 5.74) is 2.69. The molecular weight excluding hydrogens is 340 g/mol. The lowest BCUT2D eigenvalue weighted by Crippen LogP contribution is -2.46. The van der Waals surface area contributed by atoms with Crippen LogP contribution in [0.4, 0.5) is 0 Å². The average molecular weight is 362 g/mol. The number of hydrogen-bond acceptors (Lipinski definition) is 4. The van der Waals surface area contributed by atoms with Crippen molar-refractivity contribution in [1.29, 1.82) is 0 Å². The largest absolute Gasteiger partial charge is 0.367 e. The molecular formula is C22H22N2O3. The number of rotatable bonds is 4. The molecule has 1 aliphatic rings. The van der Waals surface area contributed by atoms with Crippen molar-refractivity contribution in [3.63, 3.8) is 0 Å². The summed E-state index contributed by atoms with van der Waals surface area (Å²) in [7, 11) is 0. The molecule has 3 aromatic rings. The first kappa shape index (κ1) is 17.5. The second-order valence-electron chi connectivity index (χ2n) is 6.87. The molecule has 1 fully saturated rings. The molecule has 0 radical (unpaired) electrons. The Morgan fingerprint density at radius 1 is 1.07 bits per heavy atom. The molecule has 4 rings (SSSR count). The van der Waals surface area contributed by atoms with Crippen LogP contribution in [0.15, 0.2) is 71.3 Å². The summed E-state index contributed by atoms with van der Waals surface area (Å²) in [6.07, 6.45) is 0.117. The summed E-state index contributed by atoms with van der Waals surface area (Å²) in [6, 6.07) is 21.6. The predicted octanol–water partition coefficient (Wildman–Crippen LogP) is 3.87. The van der Waals surface area contributed by atoms with Crippen molar-refractivity contribution in [3.8, 4) is 11.3 Å². The first-order chi connectivity index (χ1) is 13.2. The van der Waals surface area contributed by atoms with Crippen LogP contribution in [0.3, 0.4) is 0 Å². The lowest BCUT2D eigenvalue weighted by Gasteiger charge is -2.37. The fraction of sp³-hybridized carbons (Fsp3) is 0.273. The van der Waals surface area contributed by atoms with Crippen LogP contribution in [0.1, 0.15) is 24.3 Å². The van der Waals surface area contributed by atoms with Crippen LogP contribution in [-0.4, -0.2) is 35.2 Å². The molecule has 0 saturated carbocycles. The van der Waals surface area contributed by atoms with Crippen LogP contribution < -0.4 is 0 Å². The minimum Gasteiger partial charge on any atom is -0.367 e. The molecule has 5 nitrogen and oxygen atoms in total. The molecule has 27 heavy (non-hydrogen) atoms. The Hall–Kier alpha value is -2.92. The number of aromatic nitrogens is 1. The van der Waals surface area contributed by atoms with Crippen LogP contribution in [0, 0.1) is 0 Å². The Labute approximate surface area is 158 Å². The fourth-order valence-corrected chi connectivity index (χ4v) is 3.41. The lowest BCUT2D eigenvalue weighted by molar-refractivity contribution is -0.144. The summed E-state index contributed by atoms with van der Waals surface area (Å²) >= 11 is 0. The maximum atomic E-state index is 12.8. The number of amides is 1. The number of carbonyl (C=O) groups excluding carboxylic acids is 1. The Balaban J connectivity index is 1.44. The van der Waals surface area contributed by atoms with Gasteiger partial charge in [-0.05, 0) is 12.5 Å². The van der Waals surface area contributed by atoms with Crippen LogP contribution in [0.2, 0.25) is 0 Å². The summed E-state index contributed by atoms with van der Waals surface area (Å²) in [5, 5.41) is 4.07. The smallest absolute Gasteiger partial charge is 0.228 e. The molecule has 0 unspecified atom stereocenters. The molecule has 0 spiro atoms. The summed E-state index contributed by atoms with van der Waals surface area (Å²) in [4.78, 5) is 14.7. The molecule has 2 heterocycles. The molecule has 1 aromatic heterocycles. The van der Waals surface area contributed by atoms with Gasteiger partial charge in [-0.25, -0.2) is 0 Å². The number of carbonyl (C=O) groups is 1. The third-order valence-electron chi connectivity index (χ3n) is 4.73. The quantitative estimate of drug-likeness (QED) is 0.707. The van der Waals surface area contributed by atoms with Gasteiger partial charge < -0.3 is 14.2 Å². The van der Waals surface area contributed by atoms with Crippen molar-refractivity contribution in [2.75, 3.05) is 13.1 Å². The normalized spacial score (nSPS) is 19.8. The monoisotopic (exact) mass is 362 g/mol. The van der Waals surface area contributed by atoms with Crippen molar-refractivity contribution < 1.29 is 14.1 Å². The summed E-state index contributed by atoms with van der Waals surface area (Å²) in [5.74, 6) is 0.718. The minimum absolute atomic E-state index is 0.00917. The van der Waals surface area contributed by atoms with Gasteiger partial charge in [0.15, 0.2) is 5.76 Å². The molecule has 1 saturated heterocycles. The number of morpholine rings is 1. The molecule has 1 aliphatic heterocycles. The topological polar surface area (TPSA) is 55.6 Å². The highest BCUT2D eigenvalue weighted by atomic mass is 16.5. The van der Waals surface area contributed by atoms with Crippen LogP contribution in [0.5, 0.6) is 0 Å². The van der Waals surface area contributed by atoms with E-state index in [1.54, 1.807) is 0 Å². The van der Waals surface area contributed by atoms with E-state index in [0.717, 1.165) is 11.1 Å². The Morgan fingerprint density at radius 3 is 2.52 bits per heavy atom. The van der Waals surface area contributed by atoms with E-state index in [4.69, 9.17) is 9.26 Å². The van der Waals surface area contributed by atoms with Gasteiger partial charge in [0, 0.05) is 18.2 Å². The van der Waals surface area contributed by atoms with E-state index < -0.39 is 0 Å². The van der Waals surface area contributed by atoms with Gasteiger partial charge in [0.05, 0.1) is 24.8 Å². The van der Waals surface area contributed by atoms with E-state index in [9.17, 15) is 4.79 Å². The zero-order valence-electron chi connectivity index (χ0n) is 15.2. The van der Waals surface area contributed by atoms with E-state index in [2.05, 4.69) is 5.16 Å². The highest BCUT2D eigenvalue weighted by Crippen LogP contribution is 2.26. The molecule has 0 bridgehead atoms. The molecule has 5 heteroatoms. The van der Waals surface area contributed by atoms with Crippen LogP contribution in [-0.2, 0) is 16.0 Å². The summed E-state index contributed by atoms with van der Waals surface area (Å²) < 4.78 is 11.4. The first-order valence-electron chi connectivity index (χ1n) is 9.18. The Kier molecular flexibility index (Phi) is 5.03. The average Bonchev–Trinajstić information content (AvgIpc) is 3.17. The lowest BCUT2D eigenvalue weighted by atomic mass is 10.1. The zero-order chi connectivity index (χ0) is 18.6. The second kappa shape index (κ2) is 7.76. The maximum absolute atomic E-state index is 12.8. The first-order valence-corrected chi connectivity index (χ1v) is 9.18. The van der Waals surface area contributed by atoms with Crippen molar-refractivity contribution in [3.05, 3.63) is 78.0 Å². The van der Waals surface area contributed by atoms with Crippen molar-refractivity contribution in [2.24, 2.45) is 0 Å². The third-order valence-corrected chi connectivity index (χ3v) is 4.73. The molecule has 138 valence electrons. The second-order valence-corrected chi connectivity index (χ2v) is 6.87. The van der Waals surface area contributed by atoms with Gasteiger partial charge in [-0.15, -0.1) is 0 Å². The summed E-state index contributed by atoms with van der Waals surface area (Å²) in [6.45, 7) is 3.14. The third kappa shape index (κ3) is 4.09. The van der Waals surface area contributed by atoms with Crippen molar-refractivity contribution in [1.82, 2.24) is 10.1 Å². The number of nitrogens with zero attached hydrogens (tertiary/aromatic N) is 2. The Bertz CT molecular complexity index is 892. The van der Waals surface area contributed by atoms with Crippen LogP contribution in [0.25, 0.3) is 11.3 Å². The fourth-order valence-electron chi connectivity index (χ4n) is 3.41. The van der Waals surface area contributed by atoms with Gasteiger partial charge in [-0.1, -0.05) is 65.8 Å². The predicted molar refractivity (Wildman–Crippen MR) is 102 cm³/mol. The minimum atomic E-state index is -0.101. The van der Waals surface area contributed by atoms with E-state index in [1.807, 2.05) is 78.6 Å². The molecule has 2 aromatic carbocycles. The van der Waals surface area contributed by atoms with Gasteiger partial charge >= 0.3 is 0 Å². The standard InChI is InChI=1S/C22H22N2O3/c1-16-14-24(15-21(26-16)18-10-6-3-7-11-18)22(25)13-19-12-20(27-23-19)17-8-4-2-5-9-17/h2-12,16,21H,13-15H2,1H3/t16-,21+/m0/s1. The van der Waals surface area contributed by atoms with E-state index >= 15 is 0 Å². The number of benzene rings is 2. The van der Waals surface area contributed by atoms with Gasteiger partial charge in [0.25, 0.3) is 0 Å². The zero-order valence-corrected chi connectivity index (χ0v) is 15.2. The molecule has 0 aliphatic carbocycles. The SMILES string of the molecule is C[C@H]1CN(C(=O)Cc2cc(-c3ccccc3)on2)C[C@H](c2ccccc2)O1. The van der Waals surface area contributed by atoms with Gasteiger partial charge in [0.2, 0.25) is 5.91 Å². The number of ether oxygens (including phenoxy) is 1. The number of hydrogen-bond donors (Lipinski definition) is 0. The highest BCUT2D eigenvalue weighted by molar-refractivity contribution is 5.79. The van der Waals surface area contributed by atoms with E-state index in [-0.39, 0.29) is 24.5 Å². The molecule has 1 amide bonds. The molecule has 0 N–H and O–H groups in total. The maximum Gasteiger partial charge on any atom is 0.228 e. The van der Waals surface area contributed by atoms with Gasteiger partial charge in [-0.2, -0.15) is 0 Å². The van der Waals surface area contributed by atoms with Crippen molar-refractivity contribution >= 4 is 5.91 Å². The van der Waals surface area contributed by atoms with E-state index in [1.165, 1.54) is 0 Å². The molecule has 2 atom stereocenters.